The zero-order valence-corrected chi connectivity index (χ0v) is 13.1. The fourth-order valence-electron chi connectivity index (χ4n) is 3.05. The molecule has 0 spiro atoms. The lowest BCUT2D eigenvalue weighted by Gasteiger charge is -2.36. The van der Waals surface area contributed by atoms with E-state index < -0.39 is 0 Å². The molecular weight excluding hydrogens is 238 g/mol. The van der Waals surface area contributed by atoms with E-state index in [0.29, 0.717) is 6.54 Å². The number of nitrogens with zero attached hydrogens (tertiary/aromatic N) is 1. The summed E-state index contributed by atoms with van der Waals surface area (Å²) in [5, 5.41) is 6.38. The first kappa shape index (κ1) is 16.4. The van der Waals surface area contributed by atoms with Crippen LogP contribution in [0.3, 0.4) is 0 Å². The molecule has 0 heterocycles. The molecule has 1 saturated carbocycles. The smallest absolute Gasteiger partial charge is 0.234 e. The van der Waals surface area contributed by atoms with Gasteiger partial charge in [-0.2, -0.15) is 0 Å². The lowest BCUT2D eigenvalue weighted by Crippen LogP contribution is -2.51. The highest BCUT2D eigenvalue weighted by molar-refractivity contribution is 5.78. The number of carbonyl (C=O) groups excluding carboxylic acids is 1. The van der Waals surface area contributed by atoms with Gasteiger partial charge in [-0.3, -0.25) is 4.79 Å². The zero-order chi connectivity index (χ0) is 14.3. The van der Waals surface area contributed by atoms with E-state index in [-0.39, 0.29) is 17.5 Å². The first-order valence-corrected chi connectivity index (χ1v) is 7.67. The van der Waals surface area contributed by atoms with Gasteiger partial charge in [-0.15, -0.1) is 0 Å². The fraction of sp³-hybridized carbons (Fsp3) is 0.933. The summed E-state index contributed by atoms with van der Waals surface area (Å²) >= 11 is 0. The summed E-state index contributed by atoms with van der Waals surface area (Å²) in [7, 11) is 4.30. The monoisotopic (exact) mass is 269 g/mol. The second-order valence-corrected chi connectivity index (χ2v) is 6.19. The van der Waals surface area contributed by atoms with Gasteiger partial charge in [0.25, 0.3) is 0 Å². The van der Waals surface area contributed by atoms with Gasteiger partial charge in [-0.25, -0.2) is 0 Å². The van der Waals surface area contributed by atoms with Crippen LogP contribution < -0.4 is 10.6 Å². The van der Waals surface area contributed by atoms with E-state index in [0.717, 1.165) is 19.4 Å². The SMILES string of the molecule is CCCC(C)NC(=O)CNCC1(N(C)C)CCCC1. The van der Waals surface area contributed by atoms with Crippen LogP contribution in [0, 0.1) is 0 Å². The van der Waals surface area contributed by atoms with Crippen LogP contribution >= 0.6 is 0 Å². The van der Waals surface area contributed by atoms with E-state index in [1.54, 1.807) is 0 Å². The van der Waals surface area contributed by atoms with Gasteiger partial charge < -0.3 is 15.5 Å². The Labute approximate surface area is 118 Å². The van der Waals surface area contributed by atoms with E-state index in [2.05, 4.69) is 43.5 Å². The van der Waals surface area contributed by atoms with Gasteiger partial charge >= 0.3 is 0 Å². The third-order valence-corrected chi connectivity index (χ3v) is 4.35. The molecule has 0 aromatic heterocycles. The predicted octanol–water partition coefficient (Wildman–Crippen LogP) is 1.76. The minimum atomic E-state index is 0.118. The van der Waals surface area contributed by atoms with E-state index in [9.17, 15) is 4.79 Å². The Kier molecular flexibility index (Phi) is 6.80. The van der Waals surface area contributed by atoms with Crippen molar-refractivity contribution in [3.8, 4) is 0 Å². The summed E-state index contributed by atoms with van der Waals surface area (Å²) in [6.45, 7) is 5.56. The molecule has 0 saturated heterocycles. The van der Waals surface area contributed by atoms with Gasteiger partial charge in [0, 0.05) is 18.1 Å². The Balaban J connectivity index is 2.27. The third kappa shape index (κ3) is 5.11. The van der Waals surface area contributed by atoms with E-state index in [1.807, 2.05) is 0 Å². The Hall–Kier alpha value is -0.610. The Bertz CT molecular complexity index is 273. The molecule has 1 rings (SSSR count). The number of nitrogens with one attached hydrogen (secondary N) is 2. The van der Waals surface area contributed by atoms with Crippen molar-refractivity contribution in [3.63, 3.8) is 0 Å². The fourth-order valence-corrected chi connectivity index (χ4v) is 3.05. The molecule has 2 N–H and O–H groups in total. The topological polar surface area (TPSA) is 44.4 Å². The molecule has 0 bridgehead atoms. The summed E-state index contributed by atoms with van der Waals surface area (Å²) in [6, 6.07) is 0.286. The van der Waals surface area contributed by atoms with E-state index >= 15 is 0 Å². The number of likely N-dealkylation sites (N-methyl/N-ethyl adjacent to an activating group) is 1. The highest BCUT2D eigenvalue weighted by atomic mass is 16.1. The van der Waals surface area contributed by atoms with Crippen LogP contribution in [0.2, 0.25) is 0 Å². The number of rotatable bonds is 8. The minimum absolute atomic E-state index is 0.118. The molecule has 0 aromatic carbocycles. The lowest BCUT2D eigenvalue weighted by atomic mass is 9.96. The normalized spacial score (nSPS) is 19.6. The van der Waals surface area contributed by atoms with Crippen molar-refractivity contribution in [2.45, 2.75) is 64.0 Å². The second-order valence-electron chi connectivity index (χ2n) is 6.19. The van der Waals surface area contributed by atoms with Crippen molar-refractivity contribution in [1.82, 2.24) is 15.5 Å². The molecule has 4 nitrogen and oxygen atoms in total. The van der Waals surface area contributed by atoms with Crippen molar-refractivity contribution in [2.75, 3.05) is 27.2 Å². The van der Waals surface area contributed by atoms with Crippen molar-refractivity contribution in [2.24, 2.45) is 0 Å². The molecule has 19 heavy (non-hydrogen) atoms. The molecule has 0 aliphatic heterocycles. The Morgan fingerprint density at radius 2 is 1.95 bits per heavy atom. The molecule has 1 aliphatic carbocycles. The van der Waals surface area contributed by atoms with Crippen molar-refractivity contribution in [1.29, 1.82) is 0 Å². The minimum Gasteiger partial charge on any atom is -0.353 e. The van der Waals surface area contributed by atoms with Gasteiger partial charge in [-0.1, -0.05) is 26.2 Å². The first-order chi connectivity index (χ1) is 9.00. The average Bonchev–Trinajstić information content (AvgIpc) is 2.79. The van der Waals surface area contributed by atoms with Crippen LogP contribution in [-0.4, -0.2) is 49.6 Å². The second kappa shape index (κ2) is 7.85. The average molecular weight is 269 g/mol. The highest BCUT2D eigenvalue weighted by Gasteiger charge is 2.35. The Morgan fingerprint density at radius 3 is 2.47 bits per heavy atom. The van der Waals surface area contributed by atoms with Crippen LogP contribution in [0.5, 0.6) is 0 Å². The summed E-state index contributed by atoms with van der Waals surface area (Å²) in [4.78, 5) is 14.1. The van der Waals surface area contributed by atoms with Crippen molar-refractivity contribution < 1.29 is 4.79 Å². The van der Waals surface area contributed by atoms with Crippen LogP contribution in [0.15, 0.2) is 0 Å². The number of hydrogen-bond donors (Lipinski definition) is 2. The molecule has 0 aromatic rings. The van der Waals surface area contributed by atoms with Gasteiger partial charge in [0.15, 0.2) is 0 Å². The van der Waals surface area contributed by atoms with E-state index in [4.69, 9.17) is 0 Å². The largest absolute Gasteiger partial charge is 0.353 e. The molecule has 112 valence electrons. The maximum atomic E-state index is 11.8. The van der Waals surface area contributed by atoms with Crippen LogP contribution in [0.1, 0.15) is 52.4 Å². The zero-order valence-electron chi connectivity index (χ0n) is 13.1. The van der Waals surface area contributed by atoms with Crippen LogP contribution in [-0.2, 0) is 4.79 Å². The molecule has 4 heteroatoms. The maximum absolute atomic E-state index is 11.8. The highest BCUT2D eigenvalue weighted by Crippen LogP contribution is 2.32. The van der Waals surface area contributed by atoms with Gasteiger partial charge in [0.05, 0.1) is 6.54 Å². The van der Waals surface area contributed by atoms with Gasteiger partial charge in [-0.05, 0) is 40.3 Å². The molecule has 1 fully saturated rings. The summed E-state index contributed by atoms with van der Waals surface area (Å²) in [5.41, 5.74) is 0.259. The molecular formula is C15H31N3O. The molecule has 1 amide bonds. The van der Waals surface area contributed by atoms with Crippen LogP contribution in [0.4, 0.5) is 0 Å². The van der Waals surface area contributed by atoms with E-state index in [1.165, 1.54) is 25.7 Å². The summed E-state index contributed by atoms with van der Waals surface area (Å²) in [6.07, 6.45) is 7.24. The molecule has 1 unspecified atom stereocenters. The van der Waals surface area contributed by atoms with Gasteiger partial charge in [0.2, 0.25) is 5.91 Å². The predicted molar refractivity (Wildman–Crippen MR) is 80.3 cm³/mol. The number of hydrogen-bond acceptors (Lipinski definition) is 3. The molecule has 0 radical (unpaired) electrons. The maximum Gasteiger partial charge on any atom is 0.234 e. The number of carbonyl (C=O) groups is 1. The van der Waals surface area contributed by atoms with Crippen molar-refractivity contribution >= 4 is 5.91 Å². The molecule has 1 aliphatic rings. The lowest BCUT2D eigenvalue weighted by molar-refractivity contribution is -0.120. The Morgan fingerprint density at radius 1 is 1.32 bits per heavy atom. The number of amides is 1. The first-order valence-electron chi connectivity index (χ1n) is 7.67. The van der Waals surface area contributed by atoms with Crippen molar-refractivity contribution in [3.05, 3.63) is 0 Å². The summed E-state index contributed by atoms with van der Waals surface area (Å²) in [5.74, 6) is 0.118. The summed E-state index contributed by atoms with van der Waals surface area (Å²) < 4.78 is 0. The van der Waals surface area contributed by atoms with Gasteiger partial charge in [0.1, 0.15) is 0 Å². The standard InChI is InChI=1S/C15H31N3O/c1-5-8-13(2)17-14(19)11-16-12-15(18(3)4)9-6-7-10-15/h13,16H,5-12H2,1-4H3,(H,17,19). The molecule has 1 atom stereocenters. The van der Waals surface area contributed by atoms with Crippen LogP contribution in [0.25, 0.3) is 0 Å². The third-order valence-electron chi connectivity index (χ3n) is 4.35. The quantitative estimate of drug-likeness (QED) is 0.706.